The van der Waals surface area contributed by atoms with E-state index in [1.54, 1.807) is 0 Å². The monoisotopic (exact) mass is 608 g/mol. The van der Waals surface area contributed by atoms with Crippen molar-refractivity contribution in [3.63, 3.8) is 0 Å². The minimum atomic E-state index is -1.78. The number of aliphatic hydroxyl groups excluding tert-OH is 6. The molecule has 5 rings (SSSR count). The molecule has 15 heteroatoms. The number of hydrogen-bond donors (Lipinski definition) is 8. The summed E-state index contributed by atoms with van der Waals surface area (Å²) in [6, 6.07) is 8.03. The molecule has 3 aromatic rings. The van der Waals surface area contributed by atoms with Crippen LogP contribution in [0.1, 0.15) is 6.92 Å². The molecular weight excluding hydrogens is 576 g/mol. The van der Waals surface area contributed by atoms with E-state index < -0.39 is 79.2 Å². The average molecular weight is 609 g/mol. The molecule has 4 unspecified atom stereocenters. The van der Waals surface area contributed by atoms with E-state index in [1.807, 2.05) is 0 Å². The number of phenolic OH excluding ortho intramolecular Hbond substituents is 2. The summed E-state index contributed by atoms with van der Waals surface area (Å²) in [5, 5.41) is 81.6. The topological polar surface area (TPSA) is 238 Å². The van der Waals surface area contributed by atoms with Gasteiger partial charge >= 0.3 is 0 Å². The molecule has 2 saturated heterocycles. The lowest BCUT2D eigenvalue weighted by atomic mass is 9.98. The van der Waals surface area contributed by atoms with Crippen LogP contribution >= 0.6 is 0 Å². The standard InChI is InChI=1S/C28H32O15/c1-10-18(31)21(34)23(36)27(40-10)39-9-16-19(32)22(35)24(37)28(43-16)41-13-7-14(30)17-15(8-13)42-25(26(38-2)20(17)33)11-3-5-12(29)6-4-11/h3-8,10,16,18-19,21-24,27-32,34-37H,9H2,1-2H3/t10?,16?,18-,19+,21-,22-,23?,24?,27+,28+/m0/s1. The van der Waals surface area contributed by atoms with Crippen molar-refractivity contribution in [2.24, 2.45) is 0 Å². The molecule has 0 bridgehead atoms. The molecule has 3 heterocycles. The molecule has 234 valence electrons. The molecule has 0 saturated carbocycles. The first-order chi connectivity index (χ1) is 20.4. The predicted octanol–water partition coefficient (Wildman–Crippen LogP) is -1.09. The largest absolute Gasteiger partial charge is 0.508 e. The Morgan fingerprint density at radius 3 is 2.14 bits per heavy atom. The average Bonchev–Trinajstić information content (AvgIpc) is 2.98. The second-order valence-electron chi connectivity index (χ2n) is 10.3. The maximum Gasteiger partial charge on any atom is 0.239 e. The van der Waals surface area contributed by atoms with Crippen molar-refractivity contribution in [1.29, 1.82) is 0 Å². The Kier molecular flexibility index (Phi) is 8.80. The first-order valence-corrected chi connectivity index (χ1v) is 13.3. The van der Waals surface area contributed by atoms with Gasteiger partial charge in [0.2, 0.25) is 17.5 Å². The molecule has 2 fully saturated rings. The van der Waals surface area contributed by atoms with Crippen LogP contribution in [0.25, 0.3) is 22.3 Å². The highest BCUT2D eigenvalue weighted by molar-refractivity contribution is 5.88. The van der Waals surface area contributed by atoms with Crippen molar-refractivity contribution >= 4 is 11.0 Å². The van der Waals surface area contributed by atoms with E-state index in [9.17, 15) is 45.6 Å². The van der Waals surface area contributed by atoms with Gasteiger partial charge in [0.1, 0.15) is 70.9 Å². The minimum absolute atomic E-state index is 0.000308. The van der Waals surface area contributed by atoms with Crippen LogP contribution in [0.4, 0.5) is 0 Å². The smallest absolute Gasteiger partial charge is 0.239 e. The van der Waals surface area contributed by atoms with Gasteiger partial charge in [0, 0.05) is 17.7 Å². The number of hydrogen-bond acceptors (Lipinski definition) is 15. The predicted molar refractivity (Wildman–Crippen MR) is 143 cm³/mol. The maximum atomic E-state index is 13.2. The summed E-state index contributed by atoms with van der Waals surface area (Å²) < 4.78 is 33.3. The fraction of sp³-hybridized carbons (Fsp3) is 0.464. The van der Waals surface area contributed by atoms with Crippen LogP contribution in [0.2, 0.25) is 0 Å². The minimum Gasteiger partial charge on any atom is -0.508 e. The SMILES string of the molecule is COc1c(-c2ccc(O)cc2)oc2cc(O[C@@H]3OC(CO[C@@H]4OC(C)[C@H](O)[C@H](O)C4O)[C@@H](O)[C@H](O)C3O)cc(O)c2c1=O. The summed E-state index contributed by atoms with van der Waals surface area (Å²) in [4.78, 5) is 13.2. The molecule has 0 radical (unpaired) electrons. The van der Waals surface area contributed by atoms with Crippen molar-refractivity contribution < 1.29 is 69.0 Å². The van der Waals surface area contributed by atoms with Gasteiger partial charge in [-0.1, -0.05) is 0 Å². The van der Waals surface area contributed by atoms with Crippen molar-refractivity contribution in [2.45, 2.75) is 68.3 Å². The highest BCUT2D eigenvalue weighted by Crippen LogP contribution is 2.37. The number of benzene rings is 2. The zero-order chi connectivity index (χ0) is 31.2. The first-order valence-electron chi connectivity index (χ1n) is 13.3. The van der Waals surface area contributed by atoms with Crippen LogP contribution in [0.5, 0.6) is 23.0 Å². The highest BCUT2D eigenvalue weighted by Gasteiger charge is 2.47. The summed E-state index contributed by atoms with van der Waals surface area (Å²) >= 11 is 0. The molecule has 43 heavy (non-hydrogen) atoms. The van der Waals surface area contributed by atoms with Crippen LogP contribution in [-0.2, 0) is 14.2 Å². The van der Waals surface area contributed by atoms with Crippen molar-refractivity contribution in [3.8, 4) is 34.3 Å². The summed E-state index contributed by atoms with van der Waals surface area (Å²) in [7, 11) is 1.26. The Labute approximate surface area is 243 Å². The molecule has 10 atom stereocenters. The van der Waals surface area contributed by atoms with Gasteiger partial charge in [0.15, 0.2) is 12.1 Å². The van der Waals surface area contributed by atoms with Gasteiger partial charge in [0.25, 0.3) is 0 Å². The maximum absolute atomic E-state index is 13.2. The fourth-order valence-corrected chi connectivity index (χ4v) is 4.94. The van der Waals surface area contributed by atoms with E-state index in [4.69, 9.17) is 28.1 Å². The number of aliphatic hydroxyl groups is 6. The summed E-state index contributed by atoms with van der Waals surface area (Å²) in [5.74, 6) is -0.924. The Hall–Kier alpha value is -3.51. The van der Waals surface area contributed by atoms with Gasteiger partial charge in [-0.3, -0.25) is 4.79 Å². The number of rotatable bonds is 7. The summed E-state index contributed by atoms with van der Waals surface area (Å²) in [6.07, 6.45) is -15.1. The number of fused-ring (bicyclic) bond motifs is 1. The molecule has 0 amide bonds. The quantitative estimate of drug-likeness (QED) is 0.159. The Morgan fingerprint density at radius 1 is 0.814 bits per heavy atom. The van der Waals surface area contributed by atoms with E-state index in [0.717, 1.165) is 6.07 Å². The van der Waals surface area contributed by atoms with Crippen molar-refractivity contribution in [2.75, 3.05) is 13.7 Å². The van der Waals surface area contributed by atoms with Crippen molar-refractivity contribution in [3.05, 3.63) is 46.6 Å². The number of aromatic hydroxyl groups is 2. The third-order valence-corrected chi connectivity index (χ3v) is 7.39. The van der Waals surface area contributed by atoms with E-state index in [2.05, 4.69) is 0 Å². The molecule has 8 N–H and O–H groups in total. The van der Waals surface area contributed by atoms with Crippen LogP contribution in [0.3, 0.4) is 0 Å². The zero-order valence-corrected chi connectivity index (χ0v) is 22.9. The van der Waals surface area contributed by atoms with Gasteiger partial charge in [-0.25, -0.2) is 0 Å². The Balaban J connectivity index is 1.39. The van der Waals surface area contributed by atoms with Gasteiger partial charge < -0.3 is 69.0 Å². The highest BCUT2D eigenvalue weighted by atomic mass is 16.7. The molecular formula is C28H32O15. The fourth-order valence-electron chi connectivity index (χ4n) is 4.94. The molecule has 0 spiro atoms. The lowest BCUT2D eigenvalue weighted by molar-refractivity contribution is -0.318. The zero-order valence-electron chi connectivity index (χ0n) is 22.9. The molecule has 1 aromatic heterocycles. The first kappa shape index (κ1) is 30.9. The van der Waals surface area contributed by atoms with E-state index in [1.165, 1.54) is 44.4 Å². The van der Waals surface area contributed by atoms with E-state index in [0.29, 0.717) is 5.56 Å². The third kappa shape index (κ3) is 5.86. The molecule has 2 aromatic carbocycles. The van der Waals surface area contributed by atoms with Gasteiger partial charge in [-0.2, -0.15) is 0 Å². The second kappa shape index (κ2) is 12.2. The summed E-state index contributed by atoms with van der Waals surface area (Å²) in [6.45, 7) is 0.951. The van der Waals surface area contributed by atoms with Crippen LogP contribution in [0.15, 0.2) is 45.6 Å². The number of ether oxygens (including phenoxy) is 5. The second-order valence-corrected chi connectivity index (χ2v) is 10.3. The van der Waals surface area contributed by atoms with E-state index >= 15 is 0 Å². The molecule has 2 aliphatic heterocycles. The molecule has 0 aliphatic carbocycles. The summed E-state index contributed by atoms with van der Waals surface area (Å²) in [5.41, 5.74) is -0.443. The van der Waals surface area contributed by atoms with Gasteiger partial charge in [-0.15, -0.1) is 0 Å². The van der Waals surface area contributed by atoms with Gasteiger partial charge in [-0.05, 0) is 31.2 Å². The molecule has 2 aliphatic rings. The van der Waals surface area contributed by atoms with Crippen LogP contribution in [-0.4, -0.2) is 116 Å². The Bertz CT molecular complexity index is 1490. The molecule has 15 nitrogen and oxygen atoms in total. The van der Waals surface area contributed by atoms with Crippen LogP contribution in [0, 0.1) is 0 Å². The normalized spacial score (nSPS) is 32.9. The lowest BCUT2D eigenvalue weighted by Crippen LogP contribution is -2.61. The third-order valence-electron chi connectivity index (χ3n) is 7.39. The lowest BCUT2D eigenvalue weighted by Gasteiger charge is -2.42. The van der Waals surface area contributed by atoms with Crippen LogP contribution < -0.4 is 14.9 Å². The Morgan fingerprint density at radius 2 is 1.47 bits per heavy atom. The van der Waals surface area contributed by atoms with Crippen molar-refractivity contribution in [1.82, 2.24) is 0 Å². The number of methoxy groups -OCH3 is 1. The van der Waals surface area contributed by atoms with E-state index in [-0.39, 0.29) is 34.0 Å². The van der Waals surface area contributed by atoms with Gasteiger partial charge in [0.05, 0.1) is 19.8 Å². The number of phenols is 2.